The third-order valence-electron chi connectivity index (χ3n) is 5.78. The number of nitrogens with zero attached hydrogens (tertiary/aromatic N) is 4. The Kier molecular flexibility index (Phi) is 6.81. The van der Waals surface area contributed by atoms with Crippen molar-refractivity contribution in [1.82, 2.24) is 15.0 Å². The zero-order chi connectivity index (χ0) is 22.6. The molecule has 3 aromatic rings. The number of hydrogen-bond donors (Lipinski definition) is 0. The second-order valence-corrected chi connectivity index (χ2v) is 8.12. The summed E-state index contributed by atoms with van der Waals surface area (Å²) in [6, 6.07) is 17.5. The van der Waals surface area contributed by atoms with Crippen LogP contribution in [-0.2, 0) is 12.7 Å². The average molecular weight is 445 g/mol. The van der Waals surface area contributed by atoms with Gasteiger partial charge in [-0.15, -0.1) is 0 Å². The van der Waals surface area contributed by atoms with Gasteiger partial charge in [0.05, 0.1) is 12.1 Å². The van der Waals surface area contributed by atoms with E-state index in [1.807, 2.05) is 13.1 Å². The summed E-state index contributed by atoms with van der Waals surface area (Å²) in [7, 11) is 1.98. The standard InChI is InChI=1S/C24H27F3N4O/c1-29(11-12-30-13-15-31(16-14-30)19-7-3-2-4-8-19)18-20-17-23(28-32-20)21-9-5-6-10-22(21)24(25,26)27/h2-10,17H,11-16,18H2,1H3. The van der Waals surface area contributed by atoms with Gasteiger partial charge in [0.2, 0.25) is 0 Å². The Morgan fingerprint density at radius 3 is 2.38 bits per heavy atom. The Balaban J connectivity index is 1.27. The minimum atomic E-state index is -4.43. The van der Waals surface area contributed by atoms with Crippen LogP contribution in [0.25, 0.3) is 11.3 Å². The number of benzene rings is 2. The van der Waals surface area contributed by atoms with Crippen LogP contribution in [0.1, 0.15) is 11.3 Å². The minimum absolute atomic E-state index is 0.0361. The molecule has 0 aliphatic carbocycles. The van der Waals surface area contributed by atoms with Gasteiger partial charge in [-0.25, -0.2) is 0 Å². The minimum Gasteiger partial charge on any atom is -0.369 e. The molecule has 0 amide bonds. The van der Waals surface area contributed by atoms with Crippen LogP contribution in [0.15, 0.2) is 65.2 Å². The molecule has 0 N–H and O–H groups in total. The van der Waals surface area contributed by atoms with Gasteiger partial charge in [0.15, 0.2) is 5.76 Å². The lowest BCUT2D eigenvalue weighted by atomic mass is 10.0. The van der Waals surface area contributed by atoms with E-state index in [0.29, 0.717) is 12.3 Å². The predicted molar refractivity (Wildman–Crippen MR) is 118 cm³/mol. The highest BCUT2D eigenvalue weighted by Gasteiger charge is 2.34. The molecule has 32 heavy (non-hydrogen) atoms. The quantitative estimate of drug-likeness (QED) is 0.532. The van der Waals surface area contributed by atoms with Crippen LogP contribution in [0.2, 0.25) is 0 Å². The normalized spacial score (nSPS) is 15.5. The molecule has 1 fully saturated rings. The second-order valence-electron chi connectivity index (χ2n) is 8.12. The zero-order valence-corrected chi connectivity index (χ0v) is 18.1. The van der Waals surface area contributed by atoms with Crippen LogP contribution in [0.5, 0.6) is 0 Å². The molecule has 0 bridgehead atoms. The lowest BCUT2D eigenvalue weighted by Crippen LogP contribution is -2.48. The van der Waals surface area contributed by atoms with E-state index in [2.05, 4.69) is 44.1 Å². The first kappa shape index (κ1) is 22.4. The maximum atomic E-state index is 13.3. The molecular weight excluding hydrogens is 417 g/mol. The maximum absolute atomic E-state index is 13.3. The molecule has 1 aliphatic rings. The van der Waals surface area contributed by atoms with Crippen LogP contribution in [0.4, 0.5) is 18.9 Å². The first-order valence-corrected chi connectivity index (χ1v) is 10.7. The highest BCUT2D eigenvalue weighted by molar-refractivity contribution is 5.64. The van der Waals surface area contributed by atoms with Gasteiger partial charge in [-0.2, -0.15) is 13.2 Å². The molecule has 2 aromatic carbocycles. The molecule has 1 saturated heterocycles. The summed E-state index contributed by atoms with van der Waals surface area (Å²) >= 11 is 0. The number of piperazine rings is 1. The lowest BCUT2D eigenvalue weighted by molar-refractivity contribution is -0.137. The second kappa shape index (κ2) is 9.75. The molecule has 0 unspecified atom stereocenters. The van der Waals surface area contributed by atoms with Crippen molar-refractivity contribution in [3.63, 3.8) is 0 Å². The summed E-state index contributed by atoms with van der Waals surface area (Å²) < 4.78 is 45.2. The summed E-state index contributed by atoms with van der Waals surface area (Å²) in [5, 5.41) is 3.88. The molecule has 5 nitrogen and oxygen atoms in total. The van der Waals surface area contributed by atoms with Crippen LogP contribution >= 0.6 is 0 Å². The van der Waals surface area contributed by atoms with Crippen molar-refractivity contribution in [3.8, 4) is 11.3 Å². The highest BCUT2D eigenvalue weighted by atomic mass is 19.4. The van der Waals surface area contributed by atoms with Gasteiger partial charge < -0.3 is 9.42 Å². The fourth-order valence-electron chi connectivity index (χ4n) is 3.99. The first-order valence-electron chi connectivity index (χ1n) is 10.7. The Morgan fingerprint density at radius 2 is 1.66 bits per heavy atom. The molecule has 0 spiro atoms. The zero-order valence-electron chi connectivity index (χ0n) is 18.1. The third kappa shape index (κ3) is 5.49. The smallest absolute Gasteiger partial charge is 0.369 e. The maximum Gasteiger partial charge on any atom is 0.417 e. The topological polar surface area (TPSA) is 35.8 Å². The van der Waals surface area contributed by atoms with E-state index < -0.39 is 11.7 Å². The fraction of sp³-hybridized carbons (Fsp3) is 0.375. The average Bonchev–Trinajstić information content (AvgIpc) is 3.26. The van der Waals surface area contributed by atoms with E-state index in [1.165, 1.54) is 17.8 Å². The largest absolute Gasteiger partial charge is 0.417 e. The molecule has 2 heterocycles. The number of hydrogen-bond acceptors (Lipinski definition) is 5. The Hall–Kier alpha value is -2.84. The van der Waals surface area contributed by atoms with Gasteiger partial charge in [-0.1, -0.05) is 41.6 Å². The molecule has 0 saturated carbocycles. The van der Waals surface area contributed by atoms with E-state index in [0.717, 1.165) is 45.3 Å². The van der Waals surface area contributed by atoms with E-state index in [9.17, 15) is 13.2 Å². The number of likely N-dealkylation sites (N-methyl/N-ethyl adjacent to an activating group) is 1. The molecule has 1 aromatic heterocycles. The van der Waals surface area contributed by atoms with Gasteiger partial charge in [-0.3, -0.25) is 9.80 Å². The van der Waals surface area contributed by atoms with Gasteiger partial charge in [0, 0.05) is 56.6 Å². The molecule has 8 heteroatoms. The van der Waals surface area contributed by atoms with Crippen molar-refractivity contribution in [3.05, 3.63) is 72.0 Å². The van der Waals surface area contributed by atoms with Crippen LogP contribution in [0, 0.1) is 0 Å². The monoisotopic (exact) mass is 444 g/mol. The number of anilines is 1. The third-order valence-corrected chi connectivity index (χ3v) is 5.78. The first-order chi connectivity index (χ1) is 15.4. The molecular formula is C24H27F3N4O. The summed E-state index contributed by atoms with van der Waals surface area (Å²) in [6.45, 7) is 6.26. The van der Waals surface area contributed by atoms with Crippen molar-refractivity contribution < 1.29 is 17.7 Å². The van der Waals surface area contributed by atoms with E-state index in [1.54, 1.807) is 12.1 Å². The number of rotatable bonds is 7. The number of para-hydroxylation sites is 1. The summed E-state index contributed by atoms with van der Waals surface area (Å²) in [6.07, 6.45) is -4.43. The summed E-state index contributed by atoms with van der Waals surface area (Å²) in [5.74, 6) is 0.549. The summed E-state index contributed by atoms with van der Waals surface area (Å²) in [5.41, 5.74) is 0.799. The Labute approximate surface area is 186 Å². The molecule has 4 rings (SSSR count). The number of halogens is 3. The van der Waals surface area contributed by atoms with Crippen molar-refractivity contribution in [1.29, 1.82) is 0 Å². The van der Waals surface area contributed by atoms with Gasteiger partial charge in [-0.05, 0) is 25.2 Å². The molecule has 0 atom stereocenters. The Bertz CT molecular complexity index is 998. The Morgan fingerprint density at radius 1 is 0.969 bits per heavy atom. The molecule has 0 radical (unpaired) electrons. The van der Waals surface area contributed by atoms with Gasteiger partial charge in [0.25, 0.3) is 0 Å². The van der Waals surface area contributed by atoms with Crippen molar-refractivity contribution in [2.45, 2.75) is 12.7 Å². The van der Waals surface area contributed by atoms with E-state index >= 15 is 0 Å². The predicted octanol–water partition coefficient (Wildman–Crippen LogP) is 4.61. The van der Waals surface area contributed by atoms with Crippen LogP contribution in [0.3, 0.4) is 0 Å². The number of alkyl halides is 3. The van der Waals surface area contributed by atoms with Crippen LogP contribution < -0.4 is 4.90 Å². The van der Waals surface area contributed by atoms with Crippen molar-refractivity contribution in [2.75, 3.05) is 51.2 Å². The van der Waals surface area contributed by atoms with E-state index in [4.69, 9.17) is 4.52 Å². The lowest BCUT2D eigenvalue weighted by Gasteiger charge is -2.36. The fourth-order valence-corrected chi connectivity index (χ4v) is 3.99. The summed E-state index contributed by atoms with van der Waals surface area (Å²) in [4.78, 5) is 6.93. The molecule has 1 aliphatic heterocycles. The number of aromatic nitrogens is 1. The SMILES string of the molecule is CN(CCN1CCN(c2ccccc2)CC1)Cc1cc(-c2ccccc2C(F)(F)F)no1. The van der Waals surface area contributed by atoms with Crippen molar-refractivity contribution in [2.24, 2.45) is 0 Å². The van der Waals surface area contributed by atoms with E-state index in [-0.39, 0.29) is 11.3 Å². The molecule has 170 valence electrons. The van der Waals surface area contributed by atoms with Gasteiger partial charge >= 0.3 is 6.18 Å². The van der Waals surface area contributed by atoms with Crippen LogP contribution in [-0.4, -0.2) is 61.3 Å². The van der Waals surface area contributed by atoms with Gasteiger partial charge in [0.1, 0.15) is 5.69 Å². The highest BCUT2D eigenvalue weighted by Crippen LogP contribution is 2.36. The van der Waals surface area contributed by atoms with Crippen molar-refractivity contribution >= 4 is 5.69 Å².